The maximum Gasteiger partial charge on any atom is 0.248 e. The van der Waals surface area contributed by atoms with Crippen molar-refractivity contribution in [3.8, 4) is 0 Å². The summed E-state index contributed by atoms with van der Waals surface area (Å²) in [4.78, 5) is 0. The first-order valence-corrected chi connectivity index (χ1v) is 7.67. The van der Waals surface area contributed by atoms with Gasteiger partial charge >= 0.3 is 0 Å². The van der Waals surface area contributed by atoms with Gasteiger partial charge in [-0.05, 0) is 12.5 Å². The third-order valence-corrected chi connectivity index (χ3v) is 3.42. The van der Waals surface area contributed by atoms with Crippen LogP contribution in [0.3, 0.4) is 0 Å². The van der Waals surface area contributed by atoms with Gasteiger partial charge in [-0.2, -0.15) is 0 Å². The highest BCUT2D eigenvalue weighted by Gasteiger charge is 2.01. The Morgan fingerprint density at radius 3 is 1.84 bits per heavy atom. The van der Waals surface area contributed by atoms with Gasteiger partial charge in [-0.3, -0.25) is 0 Å². The fourth-order valence-electron chi connectivity index (χ4n) is 2.11. The average molecular weight is 379 g/mol. The highest BCUT2D eigenvalue weighted by molar-refractivity contribution is 5.15. The summed E-state index contributed by atoms with van der Waals surface area (Å²) in [5, 5.41) is 0. The minimum absolute atomic E-state index is 0. The molecule has 3 rings (SSSR count). The van der Waals surface area contributed by atoms with E-state index in [9.17, 15) is 0 Å². The van der Waals surface area contributed by atoms with Crippen LogP contribution >= 0.6 is 0 Å². The number of aromatic nitrogens is 4. The second kappa shape index (κ2) is 12.1. The van der Waals surface area contributed by atoms with E-state index < -0.39 is 0 Å². The Labute approximate surface area is 162 Å². The van der Waals surface area contributed by atoms with Gasteiger partial charge in [0.1, 0.15) is 31.3 Å². The van der Waals surface area contributed by atoms with Gasteiger partial charge < -0.3 is 24.8 Å². The van der Waals surface area contributed by atoms with Gasteiger partial charge in [0.25, 0.3) is 0 Å². The molecule has 25 heavy (non-hydrogen) atoms. The zero-order chi connectivity index (χ0) is 16.5. The third kappa shape index (κ3) is 7.42. The second-order valence-corrected chi connectivity index (χ2v) is 5.08. The zero-order valence-electron chi connectivity index (χ0n) is 14.4. The SMILES string of the molecule is C=Cn1cc[n+](CC)c1.C=Cn1cc[n+](Cc2ccccc2)c1.[Cl-].[Cl-]. The molecular weight excluding hydrogens is 355 g/mol. The molecule has 134 valence electrons. The maximum absolute atomic E-state index is 3.70. The fourth-order valence-corrected chi connectivity index (χ4v) is 2.11. The molecule has 0 amide bonds. The summed E-state index contributed by atoms with van der Waals surface area (Å²) < 4.78 is 8.06. The molecule has 0 aliphatic heterocycles. The number of aryl methyl sites for hydroxylation is 1. The summed E-state index contributed by atoms with van der Waals surface area (Å²) in [6.07, 6.45) is 15.6. The lowest BCUT2D eigenvalue weighted by Gasteiger charge is -1.95. The molecule has 0 unspecified atom stereocenters. The van der Waals surface area contributed by atoms with Crippen molar-refractivity contribution in [3.05, 3.63) is 86.5 Å². The number of imidazole rings is 2. The van der Waals surface area contributed by atoms with Gasteiger partial charge in [0.15, 0.2) is 0 Å². The van der Waals surface area contributed by atoms with E-state index in [1.54, 1.807) is 12.4 Å². The van der Waals surface area contributed by atoms with Gasteiger partial charge in [-0.1, -0.05) is 43.5 Å². The van der Waals surface area contributed by atoms with E-state index in [2.05, 4.69) is 53.5 Å². The number of hydrogen-bond acceptors (Lipinski definition) is 0. The van der Waals surface area contributed by atoms with Crippen molar-refractivity contribution in [3.63, 3.8) is 0 Å². The van der Waals surface area contributed by atoms with Gasteiger partial charge in [0, 0.05) is 0 Å². The molecule has 4 nitrogen and oxygen atoms in total. The standard InChI is InChI=1S/C12H13N2.C7H11N2.2ClH/c1-2-13-8-9-14(11-13)10-12-6-4-3-5-7-12;1-3-8-5-6-9(4-2)7-8;;/h2-9,11H,1,10H2;3,5-7H,1,4H2,2H3;2*1H/q2*+1;;/p-2. The molecular formula is C19H24Cl2N4. The Bertz CT molecular complexity index is 748. The predicted octanol–water partition coefficient (Wildman–Crippen LogP) is -3.17. The van der Waals surface area contributed by atoms with E-state index in [1.165, 1.54) is 5.56 Å². The molecule has 0 N–H and O–H groups in total. The summed E-state index contributed by atoms with van der Waals surface area (Å²) in [7, 11) is 0. The van der Waals surface area contributed by atoms with Crippen LogP contribution in [0.5, 0.6) is 0 Å². The maximum atomic E-state index is 3.70. The van der Waals surface area contributed by atoms with Crippen LogP contribution in [0, 0.1) is 0 Å². The zero-order valence-corrected chi connectivity index (χ0v) is 15.9. The molecule has 0 atom stereocenters. The molecule has 0 radical (unpaired) electrons. The van der Waals surface area contributed by atoms with Crippen molar-refractivity contribution < 1.29 is 33.9 Å². The molecule has 1 aromatic carbocycles. The van der Waals surface area contributed by atoms with Gasteiger partial charge in [-0.15, -0.1) is 0 Å². The quantitative estimate of drug-likeness (QED) is 0.417. The Hall–Kier alpha value is -2.30. The van der Waals surface area contributed by atoms with Crippen molar-refractivity contribution in [1.29, 1.82) is 0 Å². The van der Waals surface area contributed by atoms with Crippen molar-refractivity contribution in [2.75, 3.05) is 0 Å². The predicted molar refractivity (Wildman–Crippen MR) is 93.2 cm³/mol. The minimum atomic E-state index is 0. The number of hydrogen-bond donors (Lipinski definition) is 0. The van der Waals surface area contributed by atoms with Crippen molar-refractivity contribution in [1.82, 2.24) is 9.13 Å². The molecule has 2 heterocycles. The second-order valence-electron chi connectivity index (χ2n) is 5.08. The number of halogens is 2. The summed E-state index contributed by atoms with van der Waals surface area (Å²) in [6.45, 7) is 11.4. The van der Waals surface area contributed by atoms with E-state index >= 15 is 0 Å². The molecule has 2 aromatic heterocycles. The van der Waals surface area contributed by atoms with Crippen LogP contribution in [-0.4, -0.2) is 9.13 Å². The van der Waals surface area contributed by atoms with E-state index in [1.807, 2.05) is 52.6 Å². The van der Waals surface area contributed by atoms with E-state index in [0.29, 0.717) is 0 Å². The Morgan fingerprint density at radius 2 is 1.40 bits per heavy atom. The van der Waals surface area contributed by atoms with Crippen molar-refractivity contribution in [2.24, 2.45) is 0 Å². The Morgan fingerprint density at radius 1 is 0.880 bits per heavy atom. The van der Waals surface area contributed by atoms with E-state index in [0.717, 1.165) is 13.1 Å². The molecule has 0 saturated heterocycles. The van der Waals surface area contributed by atoms with Crippen LogP contribution in [0.25, 0.3) is 12.4 Å². The molecule has 0 bridgehead atoms. The first-order valence-electron chi connectivity index (χ1n) is 7.67. The highest BCUT2D eigenvalue weighted by atomic mass is 35.5. The largest absolute Gasteiger partial charge is 1.00 e. The normalized spacial score (nSPS) is 9.00. The van der Waals surface area contributed by atoms with E-state index in [4.69, 9.17) is 0 Å². The molecule has 0 aliphatic carbocycles. The van der Waals surface area contributed by atoms with Crippen molar-refractivity contribution in [2.45, 2.75) is 20.0 Å². The summed E-state index contributed by atoms with van der Waals surface area (Å²) in [5.74, 6) is 0. The third-order valence-electron chi connectivity index (χ3n) is 3.42. The van der Waals surface area contributed by atoms with Crippen LogP contribution in [0.2, 0.25) is 0 Å². The van der Waals surface area contributed by atoms with Crippen LogP contribution < -0.4 is 33.9 Å². The molecule has 0 fully saturated rings. The summed E-state index contributed by atoms with van der Waals surface area (Å²) >= 11 is 0. The Kier molecular flexibility index (Phi) is 11.0. The highest BCUT2D eigenvalue weighted by Crippen LogP contribution is 1.97. The van der Waals surface area contributed by atoms with E-state index in [-0.39, 0.29) is 24.8 Å². The smallest absolute Gasteiger partial charge is 0.248 e. The first-order chi connectivity index (χ1) is 11.2. The summed E-state index contributed by atoms with van der Waals surface area (Å²) in [5.41, 5.74) is 1.30. The first kappa shape index (κ1) is 22.7. The lowest BCUT2D eigenvalue weighted by molar-refractivity contribution is -0.692. The Balaban J connectivity index is 0.000000462. The molecule has 0 spiro atoms. The molecule has 0 saturated carbocycles. The fraction of sp³-hybridized carbons (Fsp3) is 0.158. The number of nitrogens with zero attached hydrogens (tertiary/aromatic N) is 4. The molecule has 3 aromatic rings. The summed E-state index contributed by atoms with van der Waals surface area (Å²) in [6, 6.07) is 10.4. The van der Waals surface area contributed by atoms with Crippen LogP contribution in [0.15, 0.2) is 80.9 Å². The van der Waals surface area contributed by atoms with Gasteiger partial charge in [0.05, 0.1) is 18.9 Å². The van der Waals surface area contributed by atoms with Crippen LogP contribution in [0.1, 0.15) is 12.5 Å². The number of benzene rings is 1. The van der Waals surface area contributed by atoms with Crippen LogP contribution in [0.4, 0.5) is 0 Å². The topological polar surface area (TPSA) is 17.6 Å². The van der Waals surface area contributed by atoms with Crippen LogP contribution in [-0.2, 0) is 13.1 Å². The average Bonchev–Trinajstić information content (AvgIpc) is 3.25. The molecule has 6 heteroatoms. The molecule has 0 aliphatic rings. The monoisotopic (exact) mass is 378 g/mol. The lowest BCUT2D eigenvalue weighted by Crippen LogP contribution is -3.00. The van der Waals surface area contributed by atoms with Gasteiger partial charge in [-0.25, -0.2) is 18.3 Å². The van der Waals surface area contributed by atoms with Gasteiger partial charge in [0.2, 0.25) is 12.7 Å². The number of rotatable bonds is 5. The minimum Gasteiger partial charge on any atom is -1.00 e. The van der Waals surface area contributed by atoms with Crippen molar-refractivity contribution >= 4 is 12.4 Å². The lowest BCUT2D eigenvalue weighted by atomic mass is 10.2.